The van der Waals surface area contributed by atoms with E-state index in [0.29, 0.717) is 37.1 Å². The lowest BCUT2D eigenvalue weighted by atomic mass is 10.0. The quantitative estimate of drug-likeness (QED) is 0.486. The van der Waals surface area contributed by atoms with Gasteiger partial charge >= 0.3 is 0 Å². The van der Waals surface area contributed by atoms with Crippen molar-refractivity contribution in [3.05, 3.63) is 53.0 Å². The number of rotatable bonds is 8. The molecule has 10 nitrogen and oxygen atoms in total. The Morgan fingerprint density at radius 3 is 2.71 bits per heavy atom. The number of benzene rings is 1. The molecule has 0 atom stereocenters. The number of ketones is 1. The summed E-state index contributed by atoms with van der Waals surface area (Å²) in [5, 5.41) is 7.68. The topological polar surface area (TPSA) is 136 Å². The summed E-state index contributed by atoms with van der Waals surface area (Å²) in [6.07, 6.45) is 1.75. The van der Waals surface area contributed by atoms with E-state index in [9.17, 15) is 22.8 Å². The standard InChI is InChI=1S/C24H27N5O5S/c1-28(10-8-16(30)14-35(33,34)17-6-7-17)24(32)22-18-13-29(11-9-20(18)26-27-22)23(31)21-12-15-4-2-3-5-19(15)25-21/h2-5,12,17,25H,6-11,13-14H2,1H3,(H,26,27). The molecule has 3 heterocycles. The molecule has 0 saturated heterocycles. The fraction of sp³-hybridized carbons (Fsp3) is 0.417. The van der Waals surface area contributed by atoms with Crippen LogP contribution in [-0.4, -0.2) is 82.1 Å². The van der Waals surface area contributed by atoms with Gasteiger partial charge in [0.2, 0.25) is 0 Å². The molecule has 2 N–H and O–H groups in total. The van der Waals surface area contributed by atoms with E-state index in [-0.39, 0.29) is 42.3 Å². The first-order valence-corrected chi connectivity index (χ1v) is 13.4. The zero-order valence-electron chi connectivity index (χ0n) is 19.4. The van der Waals surface area contributed by atoms with Gasteiger partial charge in [0.25, 0.3) is 11.8 Å². The van der Waals surface area contributed by atoms with E-state index < -0.39 is 21.4 Å². The summed E-state index contributed by atoms with van der Waals surface area (Å²) in [6.45, 7) is 0.835. The van der Waals surface area contributed by atoms with Gasteiger partial charge in [-0.15, -0.1) is 0 Å². The second-order valence-electron chi connectivity index (χ2n) is 9.30. The summed E-state index contributed by atoms with van der Waals surface area (Å²) < 4.78 is 24.0. The molecule has 1 aromatic carbocycles. The van der Waals surface area contributed by atoms with E-state index in [0.717, 1.165) is 16.6 Å². The normalized spacial score (nSPS) is 15.7. The number of fused-ring (bicyclic) bond motifs is 2. The largest absolute Gasteiger partial charge is 0.351 e. The predicted octanol–water partition coefficient (Wildman–Crippen LogP) is 1.70. The second-order valence-corrected chi connectivity index (χ2v) is 11.6. The van der Waals surface area contributed by atoms with Crippen molar-refractivity contribution < 1.29 is 22.8 Å². The molecule has 5 rings (SSSR count). The first-order valence-electron chi connectivity index (χ1n) is 11.6. The molecule has 0 bridgehead atoms. The van der Waals surface area contributed by atoms with Crippen molar-refractivity contribution in [2.45, 2.75) is 37.5 Å². The first-order chi connectivity index (χ1) is 16.7. The Labute approximate surface area is 202 Å². The summed E-state index contributed by atoms with van der Waals surface area (Å²) in [7, 11) is -1.81. The van der Waals surface area contributed by atoms with Crippen LogP contribution in [0, 0.1) is 0 Å². The highest BCUT2D eigenvalue weighted by Gasteiger charge is 2.37. The number of para-hydroxylation sites is 1. The van der Waals surface area contributed by atoms with Crippen LogP contribution < -0.4 is 0 Å². The highest BCUT2D eigenvalue weighted by atomic mass is 32.2. The Bertz CT molecular complexity index is 1390. The molecule has 1 aliphatic carbocycles. The van der Waals surface area contributed by atoms with Gasteiger partial charge in [0.15, 0.2) is 15.5 Å². The average Bonchev–Trinajstić information content (AvgIpc) is 3.50. The number of nitrogens with one attached hydrogen (secondary N) is 2. The Hall–Kier alpha value is -3.47. The minimum absolute atomic E-state index is 0.0359. The highest BCUT2D eigenvalue weighted by molar-refractivity contribution is 7.93. The van der Waals surface area contributed by atoms with E-state index in [1.54, 1.807) is 11.9 Å². The molecule has 0 spiro atoms. The number of aromatic nitrogens is 3. The molecule has 1 aliphatic heterocycles. The minimum Gasteiger partial charge on any atom is -0.351 e. The van der Waals surface area contributed by atoms with Gasteiger partial charge in [0, 0.05) is 55.1 Å². The Morgan fingerprint density at radius 1 is 1.20 bits per heavy atom. The minimum atomic E-state index is -3.37. The van der Waals surface area contributed by atoms with Crippen molar-refractivity contribution in [1.82, 2.24) is 25.0 Å². The molecule has 1 fully saturated rings. The maximum absolute atomic E-state index is 13.1. The summed E-state index contributed by atoms with van der Waals surface area (Å²) in [5.41, 5.74) is 3.07. The number of hydrogen-bond acceptors (Lipinski definition) is 6. The summed E-state index contributed by atoms with van der Waals surface area (Å²) in [4.78, 5) is 44.6. The van der Waals surface area contributed by atoms with Gasteiger partial charge < -0.3 is 14.8 Å². The number of nitrogens with zero attached hydrogens (tertiary/aromatic N) is 3. The number of carbonyl (C=O) groups is 3. The lowest BCUT2D eigenvalue weighted by molar-refractivity contribution is -0.116. The van der Waals surface area contributed by atoms with Gasteiger partial charge in [-0.1, -0.05) is 18.2 Å². The Morgan fingerprint density at radius 2 is 1.97 bits per heavy atom. The highest BCUT2D eigenvalue weighted by Crippen LogP contribution is 2.29. The van der Waals surface area contributed by atoms with Gasteiger partial charge in [0.1, 0.15) is 17.2 Å². The van der Waals surface area contributed by atoms with Crippen LogP contribution in [0.25, 0.3) is 10.9 Å². The van der Waals surface area contributed by atoms with Crippen molar-refractivity contribution >= 4 is 38.3 Å². The molecule has 11 heteroatoms. The van der Waals surface area contributed by atoms with Gasteiger partial charge in [0.05, 0.1) is 11.8 Å². The van der Waals surface area contributed by atoms with E-state index in [2.05, 4.69) is 15.2 Å². The van der Waals surface area contributed by atoms with Crippen molar-refractivity contribution in [2.75, 3.05) is 25.9 Å². The smallest absolute Gasteiger partial charge is 0.274 e. The van der Waals surface area contributed by atoms with E-state index in [4.69, 9.17) is 0 Å². The molecule has 35 heavy (non-hydrogen) atoms. The molecule has 184 valence electrons. The van der Waals surface area contributed by atoms with Crippen LogP contribution in [0.15, 0.2) is 30.3 Å². The molecule has 0 radical (unpaired) electrons. The lowest BCUT2D eigenvalue weighted by Gasteiger charge is -2.27. The maximum Gasteiger partial charge on any atom is 0.274 e. The van der Waals surface area contributed by atoms with Gasteiger partial charge in [-0.25, -0.2) is 8.42 Å². The number of carbonyl (C=O) groups excluding carboxylic acids is 3. The molecule has 0 unspecified atom stereocenters. The van der Waals surface area contributed by atoms with E-state index in [1.807, 2.05) is 30.3 Å². The SMILES string of the molecule is CN(CCC(=O)CS(=O)(=O)C1CC1)C(=O)c1n[nH]c2c1CN(C(=O)c1cc3ccccc3[nH]1)CC2. The Balaban J connectivity index is 1.24. The molecule has 2 amide bonds. The van der Waals surface area contributed by atoms with Crippen LogP contribution in [0.5, 0.6) is 0 Å². The second kappa shape index (κ2) is 8.95. The number of aromatic amines is 2. The van der Waals surface area contributed by atoms with Crippen molar-refractivity contribution in [1.29, 1.82) is 0 Å². The lowest BCUT2D eigenvalue weighted by Crippen LogP contribution is -2.37. The van der Waals surface area contributed by atoms with Gasteiger partial charge in [-0.2, -0.15) is 5.10 Å². The number of amides is 2. The third-order valence-corrected chi connectivity index (χ3v) is 8.86. The number of H-pyrrole nitrogens is 2. The van der Waals surface area contributed by atoms with E-state index in [1.165, 1.54) is 4.90 Å². The molecular weight excluding hydrogens is 470 g/mol. The molecule has 1 saturated carbocycles. The summed E-state index contributed by atoms with van der Waals surface area (Å²) in [6, 6.07) is 9.49. The maximum atomic E-state index is 13.1. The average molecular weight is 498 g/mol. The van der Waals surface area contributed by atoms with Crippen LogP contribution in [0.1, 0.15) is 51.5 Å². The first kappa shape index (κ1) is 23.3. The zero-order valence-corrected chi connectivity index (χ0v) is 20.2. The van der Waals surface area contributed by atoms with Crippen LogP contribution in [0.2, 0.25) is 0 Å². The van der Waals surface area contributed by atoms with Crippen LogP contribution in [0.3, 0.4) is 0 Å². The Kier molecular flexibility index (Phi) is 5.96. The zero-order chi connectivity index (χ0) is 24.7. The number of hydrogen-bond donors (Lipinski definition) is 2. The van der Waals surface area contributed by atoms with Crippen molar-refractivity contribution in [2.24, 2.45) is 0 Å². The fourth-order valence-electron chi connectivity index (χ4n) is 4.42. The molecular formula is C24H27N5O5S. The molecule has 2 aliphatic rings. The monoisotopic (exact) mass is 497 g/mol. The predicted molar refractivity (Wildman–Crippen MR) is 129 cm³/mol. The third kappa shape index (κ3) is 4.72. The van der Waals surface area contributed by atoms with Crippen LogP contribution >= 0.6 is 0 Å². The molecule has 2 aromatic heterocycles. The summed E-state index contributed by atoms with van der Waals surface area (Å²) in [5.74, 6) is -1.39. The van der Waals surface area contributed by atoms with Crippen LogP contribution in [0.4, 0.5) is 0 Å². The van der Waals surface area contributed by atoms with Crippen molar-refractivity contribution in [3.8, 4) is 0 Å². The third-order valence-electron chi connectivity index (χ3n) is 6.65. The number of sulfone groups is 1. The fourth-order valence-corrected chi connectivity index (χ4v) is 6.10. The van der Waals surface area contributed by atoms with Crippen molar-refractivity contribution in [3.63, 3.8) is 0 Å². The van der Waals surface area contributed by atoms with Crippen LogP contribution in [-0.2, 0) is 27.6 Å². The van der Waals surface area contributed by atoms with Gasteiger partial charge in [-0.05, 0) is 25.0 Å². The van der Waals surface area contributed by atoms with Gasteiger partial charge in [-0.3, -0.25) is 19.5 Å². The molecule has 3 aromatic rings. The summed E-state index contributed by atoms with van der Waals surface area (Å²) >= 11 is 0. The number of Topliss-reactive ketones (excluding diaryl/α,β-unsaturated/α-hetero) is 1. The van der Waals surface area contributed by atoms with E-state index >= 15 is 0 Å².